The van der Waals surface area contributed by atoms with Gasteiger partial charge in [0.2, 0.25) is 5.91 Å². The number of carbonyl (C=O) groups is 4. The molecule has 7 nitrogen and oxygen atoms in total. The molecule has 1 saturated heterocycles. The maximum Gasteiger partial charge on any atom is 0.335 e. The summed E-state index contributed by atoms with van der Waals surface area (Å²) in [5, 5.41) is 2.65. The maximum absolute atomic E-state index is 12.4. The Labute approximate surface area is 156 Å². The Morgan fingerprint density at radius 3 is 2.26 bits per heavy atom. The van der Waals surface area contributed by atoms with Gasteiger partial charge in [-0.2, -0.15) is 0 Å². The van der Waals surface area contributed by atoms with E-state index in [0.29, 0.717) is 10.6 Å². The van der Waals surface area contributed by atoms with Crippen LogP contribution in [0.5, 0.6) is 0 Å². The fourth-order valence-electron chi connectivity index (χ4n) is 2.81. The van der Waals surface area contributed by atoms with Gasteiger partial charge in [0.05, 0.1) is 6.54 Å². The first-order valence-electron chi connectivity index (χ1n) is 8.59. The van der Waals surface area contributed by atoms with Crippen molar-refractivity contribution >= 4 is 29.4 Å². The van der Waals surface area contributed by atoms with Crippen molar-refractivity contribution in [2.45, 2.75) is 19.9 Å². The molecule has 2 aromatic rings. The second-order valence-corrected chi connectivity index (χ2v) is 6.15. The summed E-state index contributed by atoms with van der Waals surface area (Å²) in [6.07, 6.45) is 0.815. The minimum Gasteiger partial charge on any atom is -0.325 e. The second kappa shape index (κ2) is 7.82. The van der Waals surface area contributed by atoms with E-state index in [1.54, 1.807) is 30.3 Å². The summed E-state index contributed by atoms with van der Waals surface area (Å²) in [6.45, 7) is 1.47. The molecule has 1 fully saturated rings. The summed E-state index contributed by atoms with van der Waals surface area (Å²) >= 11 is 0. The molecule has 3 rings (SSSR count). The lowest BCUT2D eigenvalue weighted by Gasteiger charge is -2.15. The van der Waals surface area contributed by atoms with Gasteiger partial charge in [0, 0.05) is 5.69 Å². The number of nitrogens with one attached hydrogen (secondary N) is 1. The molecular weight excluding hydrogens is 346 g/mol. The molecule has 0 unspecified atom stereocenters. The van der Waals surface area contributed by atoms with Gasteiger partial charge < -0.3 is 5.32 Å². The lowest BCUT2D eigenvalue weighted by atomic mass is 10.1. The van der Waals surface area contributed by atoms with Crippen LogP contribution in [0.25, 0.3) is 0 Å². The van der Waals surface area contributed by atoms with Gasteiger partial charge in [0.15, 0.2) is 0 Å². The molecule has 0 aliphatic carbocycles. The van der Waals surface area contributed by atoms with Crippen molar-refractivity contribution in [1.82, 2.24) is 9.80 Å². The Morgan fingerprint density at radius 1 is 0.889 bits per heavy atom. The molecule has 1 aliphatic rings. The van der Waals surface area contributed by atoms with Crippen molar-refractivity contribution in [1.29, 1.82) is 0 Å². The number of imide groups is 2. The number of amides is 5. The summed E-state index contributed by atoms with van der Waals surface area (Å²) in [7, 11) is 0. The molecule has 1 N–H and O–H groups in total. The Hall–Kier alpha value is -3.48. The molecule has 0 saturated carbocycles. The number of aryl methyl sites for hydroxylation is 1. The summed E-state index contributed by atoms with van der Waals surface area (Å²) in [6, 6.07) is 15.4. The predicted molar refractivity (Wildman–Crippen MR) is 98.6 cm³/mol. The normalized spacial score (nSPS) is 14.0. The lowest BCUT2D eigenvalue weighted by Crippen LogP contribution is -2.38. The number of hydrogen-bond acceptors (Lipinski definition) is 4. The van der Waals surface area contributed by atoms with E-state index in [-0.39, 0.29) is 6.54 Å². The van der Waals surface area contributed by atoms with Gasteiger partial charge in [-0.3, -0.25) is 19.3 Å². The number of benzene rings is 2. The number of carbonyl (C=O) groups excluding carboxylic acids is 4. The first-order chi connectivity index (χ1) is 13.0. The zero-order valence-corrected chi connectivity index (χ0v) is 14.8. The average Bonchev–Trinajstić information content (AvgIpc) is 2.87. The van der Waals surface area contributed by atoms with Crippen LogP contribution in [0.2, 0.25) is 0 Å². The SMILES string of the molecule is CCc1cccc(NC(=O)CN2C(=O)C(=O)N(Cc3ccccc3)C2=O)c1. The third-order valence-electron chi connectivity index (χ3n) is 4.24. The monoisotopic (exact) mass is 365 g/mol. The van der Waals surface area contributed by atoms with Crippen molar-refractivity contribution in [3.05, 3.63) is 65.7 Å². The third-order valence-corrected chi connectivity index (χ3v) is 4.24. The molecule has 0 aromatic heterocycles. The number of rotatable bonds is 6. The van der Waals surface area contributed by atoms with Crippen LogP contribution in [-0.4, -0.2) is 40.1 Å². The van der Waals surface area contributed by atoms with Crippen molar-refractivity contribution in [2.75, 3.05) is 11.9 Å². The van der Waals surface area contributed by atoms with Crippen LogP contribution in [0.1, 0.15) is 18.1 Å². The molecule has 138 valence electrons. The molecular formula is C20H19N3O4. The standard InChI is InChI=1S/C20H19N3O4/c1-2-14-9-6-10-16(11-14)21-17(24)13-23-19(26)18(25)22(20(23)27)12-15-7-4-3-5-8-15/h3-11H,2,12-13H2,1H3,(H,21,24). The molecule has 0 spiro atoms. The quantitative estimate of drug-likeness (QED) is 0.628. The highest BCUT2D eigenvalue weighted by molar-refractivity contribution is 6.45. The van der Waals surface area contributed by atoms with Crippen molar-refractivity contribution < 1.29 is 19.2 Å². The molecule has 0 atom stereocenters. The van der Waals surface area contributed by atoms with E-state index < -0.39 is 30.3 Å². The Morgan fingerprint density at radius 2 is 1.56 bits per heavy atom. The highest BCUT2D eigenvalue weighted by Crippen LogP contribution is 2.16. The smallest absolute Gasteiger partial charge is 0.325 e. The zero-order valence-electron chi connectivity index (χ0n) is 14.8. The van der Waals surface area contributed by atoms with Gasteiger partial charge in [0.25, 0.3) is 0 Å². The highest BCUT2D eigenvalue weighted by Gasteiger charge is 2.45. The molecule has 1 heterocycles. The van der Waals surface area contributed by atoms with E-state index in [2.05, 4.69) is 5.32 Å². The van der Waals surface area contributed by atoms with Crippen molar-refractivity contribution in [3.8, 4) is 0 Å². The maximum atomic E-state index is 12.4. The second-order valence-electron chi connectivity index (χ2n) is 6.15. The summed E-state index contributed by atoms with van der Waals surface area (Å²) < 4.78 is 0. The van der Waals surface area contributed by atoms with Gasteiger partial charge in [0.1, 0.15) is 6.54 Å². The van der Waals surface area contributed by atoms with E-state index in [4.69, 9.17) is 0 Å². The van der Waals surface area contributed by atoms with Gasteiger partial charge in [-0.1, -0.05) is 49.4 Å². The van der Waals surface area contributed by atoms with Crippen LogP contribution >= 0.6 is 0 Å². The largest absolute Gasteiger partial charge is 0.335 e. The first-order valence-corrected chi connectivity index (χ1v) is 8.59. The van der Waals surface area contributed by atoms with Crippen LogP contribution < -0.4 is 5.32 Å². The van der Waals surface area contributed by atoms with E-state index in [9.17, 15) is 19.2 Å². The third kappa shape index (κ3) is 4.03. The van der Waals surface area contributed by atoms with Crippen molar-refractivity contribution in [3.63, 3.8) is 0 Å². The Bertz CT molecular complexity index is 895. The molecule has 27 heavy (non-hydrogen) atoms. The van der Waals surface area contributed by atoms with E-state index in [1.165, 1.54) is 0 Å². The number of anilines is 1. The fraction of sp³-hybridized carbons (Fsp3) is 0.200. The average molecular weight is 365 g/mol. The number of nitrogens with zero attached hydrogens (tertiary/aromatic N) is 2. The van der Waals surface area contributed by atoms with Gasteiger partial charge in [-0.15, -0.1) is 0 Å². The van der Waals surface area contributed by atoms with Gasteiger partial charge in [-0.05, 0) is 29.7 Å². The lowest BCUT2D eigenvalue weighted by molar-refractivity contribution is -0.143. The molecule has 2 aromatic carbocycles. The predicted octanol–water partition coefficient (Wildman–Crippen LogP) is 2.18. The minimum atomic E-state index is -0.992. The zero-order chi connectivity index (χ0) is 19.4. The topological polar surface area (TPSA) is 86.8 Å². The first kappa shape index (κ1) is 18.3. The highest BCUT2D eigenvalue weighted by atomic mass is 16.2. The summed E-state index contributed by atoms with van der Waals surface area (Å²) in [5.74, 6) is -2.46. The van der Waals surface area contributed by atoms with E-state index in [1.807, 2.05) is 31.2 Å². The van der Waals surface area contributed by atoms with Crippen LogP contribution in [-0.2, 0) is 27.3 Å². The Balaban J connectivity index is 1.67. The van der Waals surface area contributed by atoms with Gasteiger partial charge >= 0.3 is 17.8 Å². The van der Waals surface area contributed by atoms with Crippen LogP contribution in [0.3, 0.4) is 0 Å². The number of urea groups is 1. The summed E-state index contributed by atoms with van der Waals surface area (Å²) in [5.41, 5.74) is 2.34. The molecule has 5 amide bonds. The summed E-state index contributed by atoms with van der Waals surface area (Å²) in [4.78, 5) is 50.5. The molecule has 0 bridgehead atoms. The van der Waals surface area contributed by atoms with Gasteiger partial charge in [-0.25, -0.2) is 9.69 Å². The van der Waals surface area contributed by atoms with Crippen LogP contribution in [0, 0.1) is 0 Å². The van der Waals surface area contributed by atoms with Crippen LogP contribution in [0.4, 0.5) is 10.5 Å². The van der Waals surface area contributed by atoms with Crippen molar-refractivity contribution in [2.24, 2.45) is 0 Å². The van der Waals surface area contributed by atoms with E-state index in [0.717, 1.165) is 22.4 Å². The molecule has 0 radical (unpaired) electrons. The number of hydrogen-bond donors (Lipinski definition) is 1. The molecule has 7 heteroatoms. The minimum absolute atomic E-state index is 0.0130. The fourth-order valence-corrected chi connectivity index (χ4v) is 2.81. The van der Waals surface area contributed by atoms with Crippen LogP contribution in [0.15, 0.2) is 54.6 Å². The molecule has 1 aliphatic heterocycles. The van der Waals surface area contributed by atoms with E-state index >= 15 is 0 Å². The Kier molecular flexibility index (Phi) is 5.30.